The van der Waals surface area contributed by atoms with E-state index in [1.807, 2.05) is 0 Å². The first-order chi connectivity index (χ1) is 46.3. The molecule has 0 aliphatic carbocycles. The average molecular weight is 1410 g/mol. The van der Waals surface area contributed by atoms with Gasteiger partial charge in [0.15, 0.2) is 12.2 Å². The number of phosphoric acid groups is 2. The fourth-order valence-corrected chi connectivity index (χ4v) is 13.3. The number of aliphatic hydroxyl groups excluding tert-OH is 1. The van der Waals surface area contributed by atoms with Crippen molar-refractivity contribution in [3.05, 3.63) is 0 Å². The predicted octanol–water partition coefficient (Wildman–Crippen LogP) is 22.6. The van der Waals surface area contributed by atoms with Crippen LogP contribution in [0.4, 0.5) is 0 Å². The van der Waals surface area contributed by atoms with Crippen molar-refractivity contribution in [2.45, 2.75) is 414 Å². The minimum absolute atomic E-state index is 0.107. The molecule has 3 N–H and O–H groups in total. The number of carbonyl (C=O) groups excluding carboxylic acids is 4. The molecule has 0 aromatic carbocycles. The van der Waals surface area contributed by atoms with Gasteiger partial charge in [0.05, 0.1) is 26.4 Å². The van der Waals surface area contributed by atoms with Gasteiger partial charge in [0.2, 0.25) is 0 Å². The number of aliphatic hydroxyl groups is 1. The highest BCUT2D eigenvalue weighted by molar-refractivity contribution is 7.47. The van der Waals surface area contributed by atoms with Gasteiger partial charge >= 0.3 is 39.5 Å². The molecule has 8 atom stereocenters. The van der Waals surface area contributed by atoms with Gasteiger partial charge in [-0.25, -0.2) is 9.13 Å². The third kappa shape index (κ3) is 66.6. The summed E-state index contributed by atoms with van der Waals surface area (Å²) in [6.45, 7) is 12.0. The molecule has 0 aliphatic rings. The van der Waals surface area contributed by atoms with Crippen LogP contribution < -0.4 is 0 Å². The van der Waals surface area contributed by atoms with Gasteiger partial charge in [-0.2, -0.15) is 0 Å². The third-order valence-corrected chi connectivity index (χ3v) is 20.9. The molecule has 19 heteroatoms. The number of unbranched alkanes of at least 4 members (excludes halogenated alkanes) is 40. The number of carbonyl (C=O) groups is 4. The molecule has 0 amide bonds. The van der Waals surface area contributed by atoms with E-state index in [0.29, 0.717) is 25.7 Å². The number of hydrogen-bond donors (Lipinski definition) is 3. The maximum Gasteiger partial charge on any atom is 0.472 e. The molecule has 5 unspecified atom stereocenters. The smallest absolute Gasteiger partial charge is 0.462 e. The molecule has 0 aromatic rings. The van der Waals surface area contributed by atoms with E-state index >= 15 is 0 Å². The number of rotatable bonds is 75. The van der Waals surface area contributed by atoms with E-state index < -0.39 is 97.5 Å². The lowest BCUT2D eigenvalue weighted by molar-refractivity contribution is -0.161. The van der Waals surface area contributed by atoms with Crippen LogP contribution >= 0.6 is 15.6 Å². The quantitative estimate of drug-likeness (QED) is 0.0222. The zero-order chi connectivity index (χ0) is 70.9. The Hall–Kier alpha value is -1.94. The molecule has 0 bridgehead atoms. The number of ether oxygens (including phenoxy) is 4. The molecule has 0 saturated carbocycles. The van der Waals surface area contributed by atoms with E-state index in [-0.39, 0.29) is 25.7 Å². The molecular formula is C77H150O17P2. The van der Waals surface area contributed by atoms with E-state index in [4.69, 9.17) is 37.0 Å². The Kier molecular flexibility index (Phi) is 66.2. The molecule has 0 aromatic heterocycles. The molecule has 0 fully saturated rings. The summed E-state index contributed by atoms with van der Waals surface area (Å²) in [4.78, 5) is 72.9. The standard InChI is InChI=1S/C77H150O17P2/c1-8-12-13-14-15-16-17-18-22-25-32-37-46-53-60-77(82)94-73(65-88-75(80)59-52-45-40-39-43-50-57-70(7)11-4)67-92-96(85,86)90-63-71(78)62-89-95(83,84)91-66-72(64-87-74(79)58-51-44-36-31-28-27-30-35-42-49-56-69(6)10-3)93-76(81)61-54-47-38-33-26-23-20-19-21-24-29-34-41-48-55-68(5)9-2/h68-73,78H,8-67H2,1-7H3,(H,83,84)(H,85,86)/t68?,69?,70?,71-,72-,73-/m1/s1. The highest BCUT2D eigenvalue weighted by Crippen LogP contribution is 2.45. The SMILES string of the molecule is CCCCCCCCCCCCCCCCC(=O)O[C@H](COC(=O)CCCCCCCCC(C)CC)COP(=O)(O)OC[C@H](O)COP(=O)(O)OC[C@@H](COC(=O)CCCCCCCCCCCCC(C)CC)OC(=O)CCCCCCCCCCCCCCCCC(C)CC. The van der Waals surface area contributed by atoms with Gasteiger partial charge in [-0.15, -0.1) is 0 Å². The summed E-state index contributed by atoms with van der Waals surface area (Å²) in [6, 6.07) is 0. The van der Waals surface area contributed by atoms with E-state index in [0.717, 1.165) is 114 Å². The van der Waals surface area contributed by atoms with E-state index in [1.165, 1.54) is 199 Å². The Morgan fingerprint density at radius 1 is 0.292 bits per heavy atom. The molecule has 96 heavy (non-hydrogen) atoms. The fraction of sp³-hybridized carbons (Fsp3) is 0.948. The monoisotopic (exact) mass is 1410 g/mol. The molecular weight excluding hydrogens is 1260 g/mol. The van der Waals surface area contributed by atoms with Gasteiger partial charge in [-0.1, -0.05) is 344 Å². The summed E-state index contributed by atoms with van der Waals surface area (Å²) >= 11 is 0. The largest absolute Gasteiger partial charge is 0.472 e. The Morgan fingerprint density at radius 2 is 0.500 bits per heavy atom. The predicted molar refractivity (Wildman–Crippen MR) is 391 cm³/mol. The lowest BCUT2D eigenvalue weighted by Gasteiger charge is -2.21. The normalized spacial score (nSPS) is 14.9. The van der Waals surface area contributed by atoms with Crippen LogP contribution in [0.3, 0.4) is 0 Å². The van der Waals surface area contributed by atoms with Gasteiger partial charge in [0.25, 0.3) is 0 Å². The van der Waals surface area contributed by atoms with Gasteiger partial charge < -0.3 is 33.8 Å². The van der Waals surface area contributed by atoms with Gasteiger partial charge in [-0.3, -0.25) is 37.3 Å². The molecule has 0 radical (unpaired) electrons. The summed E-state index contributed by atoms with van der Waals surface area (Å²) in [6.07, 6.45) is 53.9. The Morgan fingerprint density at radius 3 is 0.740 bits per heavy atom. The second kappa shape index (κ2) is 67.5. The van der Waals surface area contributed by atoms with Crippen molar-refractivity contribution in [1.82, 2.24) is 0 Å². The first-order valence-electron chi connectivity index (χ1n) is 40.0. The lowest BCUT2D eigenvalue weighted by Crippen LogP contribution is -2.30. The molecule has 0 heterocycles. The molecule has 0 rings (SSSR count). The summed E-state index contributed by atoms with van der Waals surface area (Å²) in [7, 11) is -9.91. The van der Waals surface area contributed by atoms with Crippen LogP contribution in [0, 0.1) is 17.8 Å². The van der Waals surface area contributed by atoms with E-state index in [1.54, 1.807) is 0 Å². The highest BCUT2D eigenvalue weighted by Gasteiger charge is 2.30. The maximum atomic E-state index is 13.1. The minimum atomic E-state index is -4.96. The zero-order valence-electron chi connectivity index (χ0n) is 62.8. The zero-order valence-corrected chi connectivity index (χ0v) is 64.6. The topological polar surface area (TPSA) is 237 Å². The van der Waals surface area contributed by atoms with Crippen molar-refractivity contribution in [3.8, 4) is 0 Å². The second-order valence-corrected chi connectivity index (χ2v) is 31.4. The Labute approximate surface area is 588 Å². The molecule has 0 spiro atoms. The molecule has 17 nitrogen and oxygen atoms in total. The summed E-state index contributed by atoms with van der Waals surface area (Å²) < 4.78 is 68.6. The minimum Gasteiger partial charge on any atom is -0.462 e. The summed E-state index contributed by atoms with van der Waals surface area (Å²) in [5, 5.41) is 10.6. The van der Waals surface area contributed by atoms with Crippen LogP contribution in [0.1, 0.15) is 395 Å². The first-order valence-corrected chi connectivity index (χ1v) is 43.0. The van der Waals surface area contributed by atoms with Crippen molar-refractivity contribution in [3.63, 3.8) is 0 Å². The van der Waals surface area contributed by atoms with Gasteiger partial charge in [0.1, 0.15) is 19.3 Å². The van der Waals surface area contributed by atoms with Crippen molar-refractivity contribution >= 4 is 39.5 Å². The maximum absolute atomic E-state index is 13.1. The first kappa shape index (κ1) is 94.1. The van der Waals surface area contributed by atoms with Gasteiger partial charge in [0, 0.05) is 25.7 Å². The fourth-order valence-electron chi connectivity index (χ4n) is 11.7. The second-order valence-electron chi connectivity index (χ2n) is 28.5. The van der Waals surface area contributed by atoms with Crippen LogP contribution in [0.15, 0.2) is 0 Å². The van der Waals surface area contributed by atoms with Crippen LogP contribution in [0.25, 0.3) is 0 Å². The highest BCUT2D eigenvalue weighted by atomic mass is 31.2. The Balaban J connectivity index is 5.26. The average Bonchev–Trinajstić information content (AvgIpc) is 1.15. The summed E-state index contributed by atoms with van der Waals surface area (Å²) in [5.74, 6) is 0.270. The van der Waals surface area contributed by atoms with Crippen molar-refractivity contribution < 1.29 is 80.2 Å². The van der Waals surface area contributed by atoms with Crippen LogP contribution in [-0.4, -0.2) is 96.7 Å². The van der Waals surface area contributed by atoms with Crippen molar-refractivity contribution in [1.29, 1.82) is 0 Å². The van der Waals surface area contributed by atoms with Crippen LogP contribution in [0.2, 0.25) is 0 Å². The molecule has 570 valence electrons. The number of phosphoric ester groups is 2. The van der Waals surface area contributed by atoms with E-state index in [2.05, 4.69) is 48.5 Å². The van der Waals surface area contributed by atoms with Crippen LogP contribution in [-0.2, 0) is 65.4 Å². The van der Waals surface area contributed by atoms with Gasteiger partial charge in [-0.05, 0) is 43.4 Å². The summed E-state index contributed by atoms with van der Waals surface area (Å²) in [5.41, 5.74) is 0. The van der Waals surface area contributed by atoms with E-state index in [9.17, 15) is 43.2 Å². The third-order valence-electron chi connectivity index (χ3n) is 19.0. The number of esters is 4. The van der Waals surface area contributed by atoms with Crippen molar-refractivity contribution in [2.24, 2.45) is 17.8 Å². The Bertz CT molecular complexity index is 1880. The van der Waals surface area contributed by atoms with Crippen molar-refractivity contribution in [2.75, 3.05) is 39.6 Å². The molecule has 0 aliphatic heterocycles. The van der Waals surface area contributed by atoms with Crippen LogP contribution in [0.5, 0.6) is 0 Å². The lowest BCUT2D eigenvalue weighted by atomic mass is 9.99. The molecule has 0 saturated heterocycles. The number of hydrogen-bond acceptors (Lipinski definition) is 15.